The molecule has 3 heterocycles. The molecule has 0 N–H and O–H groups in total. The van der Waals surface area contributed by atoms with Crippen molar-refractivity contribution in [3.8, 4) is 17.1 Å². The van der Waals surface area contributed by atoms with Crippen LogP contribution < -0.4 is 10.2 Å². The molecule has 0 saturated heterocycles. The highest BCUT2D eigenvalue weighted by Gasteiger charge is 2.20. The van der Waals surface area contributed by atoms with Crippen LogP contribution in [0, 0.1) is 0 Å². The molecular weight excluding hydrogens is 431 g/mol. The number of rotatable bonds is 4. The molecule has 0 saturated carbocycles. The quantitative estimate of drug-likeness (QED) is 0.339. The second kappa shape index (κ2) is 7.22. The number of nitrogens with zero attached hydrogens (tertiary/aromatic N) is 2. The van der Waals surface area contributed by atoms with E-state index in [1.54, 1.807) is 30.3 Å². The number of thiazole rings is 1. The maximum Gasteiger partial charge on any atom is 0.235 e. The van der Waals surface area contributed by atoms with E-state index < -0.39 is 0 Å². The zero-order valence-corrected chi connectivity index (χ0v) is 17.1. The van der Waals surface area contributed by atoms with Gasteiger partial charge in [0.15, 0.2) is 10.7 Å². The number of aromatic nitrogens is 2. The molecule has 144 valence electrons. The maximum absolute atomic E-state index is 13.2. The molecule has 0 unspecified atom stereocenters. The summed E-state index contributed by atoms with van der Waals surface area (Å²) in [5.41, 5.74) is 1.37. The van der Waals surface area contributed by atoms with E-state index in [2.05, 4.69) is 4.98 Å². The van der Waals surface area contributed by atoms with E-state index in [9.17, 15) is 4.79 Å². The number of hydrogen-bond donors (Lipinski definition) is 0. The van der Waals surface area contributed by atoms with Crippen molar-refractivity contribution in [3.63, 3.8) is 0 Å². The fraction of sp³-hybridized carbons (Fsp3) is 0.0476. The Morgan fingerprint density at radius 2 is 2.03 bits per heavy atom. The monoisotopic (exact) mass is 442 g/mol. The van der Waals surface area contributed by atoms with E-state index in [-0.39, 0.29) is 23.5 Å². The van der Waals surface area contributed by atoms with Gasteiger partial charge in [-0.1, -0.05) is 35.3 Å². The summed E-state index contributed by atoms with van der Waals surface area (Å²) in [6.07, 6.45) is 3.78. The highest BCUT2D eigenvalue weighted by atomic mass is 35.5. The topological polar surface area (TPSA) is 56.7 Å². The molecule has 0 spiro atoms. The van der Waals surface area contributed by atoms with Crippen LogP contribution in [0.2, 0.25) is 10.0 Å². The summed E-state index contributed by atoms with van der Waals surface area (Å²) < 4.78 is 13.9. The smallest absolute Gasteiger partial charge is 0.235 e. The average molecular weight is 443 g/mol. The molecule has 5 nitrogen and oxygen atoms in total. The van der Waals surface area contributed by atoms with Crippen LogP contribution in [-0.2, 0) is 6.61 Å². The second-order valence-corrected chi connectivity index (χ2v) is 8.04. The van der Waals surface area contributed by atoms with Gasteiger partial charge in [0, 0.05) is 28.4 Å². The Balaban J connectivity index is 1.65. The first-order valence-corrected chi connectivity index (χ1v) is 10.3. The van der Waals surface area contributed by atoms with E-state index >= 15 is 0 Å². The van der Waals surface area contributed by atoms with Gasteiger partial charge in [0.05, 0.1) is 16.1 Å². The molecular formula is C21H12Cl2N2O3S. The zero-order chi connectivity index (χ0) is 20.0. The Hall–Kier alpha value is -2.80. The third-order valence-electron chi connectivity index (χ3n) is 4.44. The van der Waals surface area contributed by atoms with E-state index in [4.69, 9.17) is 32.4 Å². The Bertz CT molecular complexity index is 1390. The lowest BCUT2D eigenvalue weighted by molar-refractivity contribution is 0.294. The lowest BCUT2D eigenvalue weighted by Gasteiger charge is -2.12. The first kappa shape index (κ1) is 18.2. The summed E-state index contributed by atoms with van der Waals surface area (Å²) in [7, 11) is 0. The van der Waals surface area contributed by atoms with Gasteiger partial charge in [-0.05, 0) is 30.3 Å². The summed E-state index contributed by atoms with van der Waals surface area (Å²) in [5.74, 6) is 0.348. The number of ether oxygens (including phenoxy) is 1. The molecule has 0 aliphatic rings. The van der Waals surface area contributed by atoms with Crippen LogP contribution in [0.25, 0.3) is 27.3 Å². The number of fused-ring (bicyclic) bond motifs is 2. The molecule has 5 rings (SSSR count). The number of halogens is 2. The van der Waals surface area contributed by atoms with Crippen LogP contribution in [0.3, 0.4) is 0 Å². The van der Waals surface area contributed by atoms with Crippen LogP contribution >= 0.6 is 34.5 Å². The van der Waals surface area contributed by atoms with Gasteiger partial charge in [0.1, 0.15) is 12.2 Å². The molecule has 2 aromatic carbocycles. The van der Waals surface area contributed by atoms with Crippen LogP contribution in [0.4, 0.5) is 0 Å². The minimum Gasteiger partial charge on any atom is -0.480 e. The van der Waals surface area contributed by atoms with Crippen LogP contribution in [0.15, 0.2) is 69.5 Å². The molecule has 5 aromatic rings. The highest BCUT2D eigenvalue weighted by molar-refractivity contribution is 7.15. The molecule has 0 bridgehead atoms. The first-order valence-electron chi connectivity index (χ1n) is 8.65. The van der Waals surface area contributed by atoms with E-state index in [1.165, 1.54) is 11.3 Å². The fourth-order valence-electron chi connectivity index (χ4n) is 3.10. The molecule has 0 fully saturated rings. The largest absolute Gasteiger partial charge is 0.480 e. The van der Waals surface area contributed by atoms with Gasteiger partial charge in [-0.15, -0.1) is 11.3 Å². The van der Waals surface area contributed by atoms with E-state index in [1.807, 2.05) is 34.3 Å². The normalized spacial score (nSPS) is 11.4. The highest BCUT2D eigenvalue weighted by Crippen LogP contribution is 2.36. The average Bonchev–Trinajstić information content (AvgIpc) is 3.30. The van der Waals surface area contributed by atoms with Gasteiger partial charge < -0.3 is 9.15 Å². The lowest BCUT2D eigenvalue weighted by Crippen LogP contribution is -2.10. The molecule has 3 aromatic heterocycles. The summed E-state index contributed by atoms with van der Waals surface area (Å²) in [4.78, 5) is 18.6. The van der Waals surface area contributed by atoms with E-state index in [0.717, 1.165) is 4.96 Å². The minimum absolute atomic E-state index is 0.0734. The van der Waals surface area contributed by atoms with Crippen molar-refractivity contribution in [3.05, 3.63) is 86.2 Å². The van der Waals surface area contributed by atoms with Gasteiger partial charge in [0.25, 0.3) is 0 Å². The predicted molar refractivity (Wildman–Crippen MR) is 115 cm³/mol. The van der Waals surface area contributed by atoms with Gasteiger partial charge >= 0.3 is 0 Å². The van der Waals surface area contributed by atoms with Gasteiger partial charge in [-0.25, -0.2) is 4.98 Å². The molecule has 8 heteroatoms. The van der Waals surface area contributed by atoms with Crippen LogP contribution in [0.5, 0.6) is 5.75 Å². The Kier molecular flexibility index (Phi) is 4.54. The van der Waals surface area contributed by atoms with Crippen molar-refractivity contribution in [1.29, 1.82) is 0 Å². The number of hydrogen-bond acceptors (Lipinski definition) is 5. The predicted octanol–water partition coefficient (Wildman–Crippen LogP) is 6.06. The van der Waals surface area contributed by atoms with Gasteiger partial charge in [-0.2, -0.15) is 0 Å². The third-order valence-corrected chi connectivity index (χ3v) is 5.77. The van der Waals surface area contributed by atoms with Crippen molar-refractivity contribution < 1.29 is 9.15 Å². The third kappa shape index (κ3) is 3.29. The van der Waals surface area contributed by atoms with Gasteiger partial charge in [-0.3, -0.25) is 9.20 Å². The molecule has 0 aliphatic carbocycles. The molecule has 0 atom stereocenters. The van der Waals surface area contributed by atoms with Crippen molar-refractivity contribution in [2.45, 2.75) is 6.61 Å². The van der Waals surface area contributed by atoms with E-state index in [0.29, 0.717) is 32.3 Å². The number of imidazole rings is 1. The summed E-state index contributed by atoms with van der Waals surface area (Å²) in [5, 5.41) is 3.19. The number of benzene rings is 2. The Labute approximate surface area is 178 Å². The molecule has 29 heavy (non-hydrogen) atoms. The van der Waals surface area contributed by atoms with Gasteiger partial charge in [0.2, 0.25) is 11.2 Å². The van der Waals surface area contributed by atoms with Crippen molar-refractivity contribution in [2.24, 2.45) is 0 Å². The molecule has 0 amide bonds. The summed E-state index contributed by atoms with van der Waals surface area (Å²) >= 11 is 14.0. The van der Waals surface area contributed by atoms with Crippen molar-refractivity contribution in [2.75, 3.05) is 0 Å². The Morgan fingerprint density at radius 3 is 2.86 bits per heavy atom. The lowest BCUT2D eigenvalue weighted by atomic mass is 10.1. The summed E-state index contributed by atoms with van der Waals surface area (Å²) in [6, 6.07) is 12.0. The SMILES string of the molecule is O=c1c(OCc2cn3ccsc3n2)c(-c2ccccc2Cl)oc2ccc(Cl)cc12. The molecule has 0 radical (unpaired) electrons. The Morgan fingerprint density at radius 1 is 1.17 bits per heavy atom. The second-order valence-electron chi connectivity index (χ2n) is 6.32. The van der Waals surface area contributed by atoms with Crippen LogP contribution in [0.1, 0.15) is 5.69 Å². The maximum atomic E-state index is 13.2. The minimum atomic E-state index is -0.315. The van der Waals surface area contributed by atoms with Crippen molar-refractivity contribution >= 4 is 50.5 Å². The van der Waals surface area contributed by atoms with Crippen LogP contribution in [-0.4, -0.2) is 9.38 Å². The van der Waals surface area contributed by atoms with Crippen molar-refractivity contribution in [1.82, 2.24) is 9.38 Å². The zero-order valence-electron chi connectivity index (χ0n) is 14.8. The summed E-state index contributed by atoms with van der Waals surface area (Å²) in [6.45, 7) is 0.114. The fourth-order valence-corrected chi connectivity index (χ4v) is 4.21. The molecule has 0 aliphatic heterocycles. The first-order chi connectivity index (χ1) is 14.1. The standard InChI is InChI=1S/C21H12Cl2N2O3S/c22-12-5-6-17-15(9-12)18(26)20(19(28-17)14-3-1-2-4-16(14)23)27-11-13-10-25-7-8-29-21(25)24-13/h1-10H,11H2.